The number of aromatic amines is 2. The van der Waals surface area contributed by atoms with Crippen LogP contribution in [0.5, 0.6) is 5.75 Å². The predicted molar refractivity (Wildman–Crippen MR) is 227 cm³/mol. The Morgan fingerprint density at radius 1 is 0.852 bits per heavy atom. The van der Waals surface area contributed by atoms with Gasteiger partial charge in [-0.25, -0.2) is 19.6 Å². The maximum atomic E-state index is 14.0. The normalized spacial score (nSPS) is 21.1. The molecule has 5 aromatic rings. The minimum absolute atomic E-state index is 0.0198. The number of hydrogen-bond donors (Lipinski definition) is 4. The van der Waals surface area contributed by atoms with Crippen molar-refractivity contribution in [3.63, 3.8) is 0 Å². The number of alkyl carbamates (subject to hydrolysis) is 2. The predicted octanol–water partition coefficient (Wildman–Crippen LogP) is 6.77. The smallest absolute Gasteiger partial charge is 0.407 e. The molecule has 3 aliphatic rings. The summed E-state index contributed by atoms with van der Waals surface area (Å²) in [7, 11) is 4.06. The first-order valence-electron chi connectivity index (χ1n) is 20.9. The molecule has 3 aliphatic heterocycles. The van der Waals surface area contributed by atoms with Crippen molar-refractivity contribution in [3.05, 3.63) is 65.9 Å². The Balaban J connectivity index is 1.05. The van der Waals surface area contributed by atoms with Crippen molar-refractivity contribution >= 4 is 45.8 Å². The molecule has 4 N–H and O–H groups in total. The Labute approximate surface area is 354 Å². The Kier molecular flexibility index (Phi) is 11.4. The number of methoxy groups -OCH3 is 3. The SMILES string of the molecule is COC(=O)N[C@H](C(=O)N1[C@@H](C)CC[C@H]1c1ncc(-c2ccc3c(c2)COc2cc4c(ccc5[nH]c([C@@H]6C[C@H](C)CN6C(=O)[C@@H](NC(=O)OC)[C@H](C)OC)nc54)cc2-3)[nH]1)C(C)C. The van der Waals surface area contributed by atoms with Gasteiger partial charge in [-0.1, -0.05) is 39.0 Å². The molecule has 7 atom stereocenters. The molecule has 16 nitrogen and oxygen atoms in total. The molecule has 5 heterocycles. The van der Waals surface area contributed by atoms with E-state index >= 15 is 0 Å². The Hall–Kier alpha value is -6.16. The second-order valence-corrected chi connectivity index (χ2v) is 16.9. The van der Waals surface area contributed by atoms with Crippen LogP contribution in [-0.2, 0) is 30.4 Å². The molecule has 2 saturated heterocycles. The molecular formula is C45H54N8O8. The summed E-state index contributed by atoms with van der Waals surface area (Å²) >= 11 is 0. The van der Waals surface area contributed by atoms with Gasteiger partial charge in [0, 0.05) is 30.6 Å². The molecule has 2 aromatic heterocycles. The maximum absolute atomic E-state index is 14.0. The highest BCUT2D eigenvalue weighted by atomic mass is 16.5. The lowest BCUT2D eigenvalue weighted by atomic mass is 9.92. The number of nitrogens with zero attached hydrogens (tertiary/aromatic N) is 4. The second-order valence-electron chi connectivity index (χ2n) is 16.9. The van der Waals surface area contributed by atoms with E-state index < -0.39 is 30.4 Å². The van der Waals surface area contributed by atoms with Crippen LogP contribution in [0.1, 0.15) is 83.2 Å². The summed E-state index contributed by atoms with van der Waals surface area (Å²) in [6.07, 6.45) is 2.17. The van der Waals surface area contributed by atoms with Crippen molar-refractivity contribution in [1.29, 1.82) is 0 Å². The van der Waals surface area contributed by atoms with E-state index in [1.807, 2.05) is 44.0 Å². The molecule has 0 saturated carbocycles. The van der Waals surface area contributed by atoms with E-state index in [0.717, 1.165) is 68.3 Å². The first-order chi connectivity index (χ1) is 29.3. The fraction of sp³-hybridized carbons (Fsp3) is 0.467. The highest BCUT2D eigenvalue weighted by Crippen LogP contribution is 2.44. The maximum Gasteiger partial charge on any atom is 0.407 e. The van der Waals surface area contributed by atoms with Crippen molar-refractivity contribution in [2.75, 3.05) is 27.9 Å². The van der Waals surface area contributed by atoms with E-state index in [1.165, 1.54) is 21.3 Å². The third-order valence-corrected chi connectivity index (χ3v) is 12.6. The topological polar surface area (TPSA) is 193 Å². The highest BCUT2D eigenvalue weighted by molar-refractivity contribution is 6.07. The number of ether oxygens (including phenoxy) is 4. The van der Waals surface area contributed by atoms with Crippen LogP contribution in [-0.4, -0.2) is 106 Å². The van der Waals surface area contributed by atoms with Gasteiger partial charge in [0.2, 0.25) is 11.8 Å². The quantitative estimate of drug-likeness (QED) is 0.117. The standard InChI is InChI=1S/C45H54N8O8/c1-22(2)37(50-44(56)59-7)43(55)53-24(4)9-14-34(53)40-46-19-33(48-40)27-10-12-29-28(16-27)21-61-36-18-30-26(17-31(29)36)11-13-32-39(30)49-41(47-32)35-15-23(3)20-52(35)42(54)38(25(5)58-6)51-45(57)60-8/h10-13,16-19,22-25,34-35,37-38H,9,14-15,20-21H2,1-8H3,(H,46,48)(H,47,49)(H,50,56)(H,51,57)/t23-,24-,25-,34-,35-,37-,38-/m0/s1. The molecule has 3 aromatic carbocycles. The summed E-state index contributed by atoms with van der Waals surface area (Å²) in [5.41, 5.74) is 6.50. The molecule has 0 unspecified atom stereocenters. The average Bonchev–Trinajstić information content (AvgIpc) is 4.08. The summed E-state index contributed by atoms with van der Waals surface area (Å²) in [6, 6.07) is 12.3. The number of carbonyl (C=O) groups excluding carboxylic acids is 4. The van der Waals surface area contributed by atoms with Gasteiger partial charge in [-0.15, -0.1) is 0 Å². The summed E-state index contributed by atoms with van der Waals surface area (Å²) < 4.78 is 21.5. The summed E-state index contributed by atoms with van der Waals surface area (Å²) in [6.45, 7) is 10.6. The lowest BCUT2D eigenvalue weighted by Crippen LogP contribution is -2.54. The molecule has 0 spiro atoms. The fourth-order valence-electron chi connectivity index (χ4n) is 9.20. The average molecular weight is 835 g/mol. The van der Waals surface area contributed by atoms with E-state index in [4.69, 9.17) is 28.9 Å². The number of fused-ring (bicyclic) bond motifs is 6. The zero-order valence-corrected chi connectivity index (χ0v) is 35.8. The molecule has 2 fully saturated rings. The van der Waals surface area contributed by atoms with Crippen LogP contribution >= 0.6 is 0 Å². The van der Waals surface area contributed by atoms with Crippen LogP contribution in [0, 0.1) is 11.8 Å². The monoisotopic (exact) mass is 834 g/mol. The summed E-state index contributed by atoms with van der Waals surface area (Å²) in [5, 5.41) is 7.31. The van der Waals surface area contributed by atoms with Crippen molar-refractivity contribution in [2.24, 2.45) is 11.8 Å². The highest BCUT2D eigenvalue weighted by Gasteiger charge is 2.43. The minimum atomic E-state index is -0.930. The number of H-pyrrole nitrogens is 2. The lowest BCUT2D eigenvalue weighted by Gasteiger charge is -2.32. The third-order valence-electron chi connectivity index (χ3n) is 12.6. The van der Waals surface area contributed by atoms with Crippen molar-refractivity contribution in [2.45, 2.75) is 96.8 Å². The Morgan fingerprint density at radius 3 is 2.33 bits per heavy atom. The number of likely N-dealkylation sites (tertiary alicyclic amines) is 2. The summed E-state index contributed by atoms with van der Waals surface area (Å²) in [4.78, 5) is 72.6. The van der Waals surface area contributed by atoms with Crippen LogP contribution in [0.4, 0.5) is 9.59 Å². The molecule has 0 aliphatic carbocycles. The van der Waals surface area contributed by atoms with E-state index in [0.29, 0.717) is 31.2 Å². The van der Waals surface area contributed by atoms with Crippen molar-refractivity contribution < 1.29 is 38.1 Å². The number of hydrogen-bond acceptors (Lipinski definition) is 10. The summed E-state index contributed by atoms with van der Waals surface area (Å²) in [5.74, 6) is 1.80. The Morgan fingerprint density at radius 2 is 1.61 bits per heavy atom. The molecule has 4 amide bonds. The first-order valence-corrected chi connectivity index (χ1v) is 20.9. The van der Waals surface area contributed by atoms with Crippen LogP contribution < -0.4 is 15.4 Å². The van der Waals surface area contributed by atoms with Gasteiger partial charge in [-0.3, -0.25) is 9.59 Å². The first kappa shape index (κ1) is 41.6. The molecule has 61 heavy (non-hydrogen) atoms. The van der Waals surface area contributed by atoms with Crippen LogP contribution in [0.2, 0.25) is 0 Å². The molecule has 0 bridgehead atoms. The largest absolute Gasteiger partial charge is 0.488 e. The van der Waals surface area contributed by atoms with Gasteiger partial charge in [0.25, 0.3) is 0 Å². The number of imidazole rings is 2. The number of amides is 4. The Bertz CT molecular complexity index is 2500. The molecule has 16 heteroatoms. The van der Waals surface area contributed by atoms with Crippen molar-refractivity contribution in [1.82, 2.24) is 40.4 Å². The number of carbonyl (C=O) groups is 4. The number of nitrogens with one attached hydrogen (secondary N) is 4. The van der Waals surface area contributed by atoms with Gasteiger partial charge in [-0.2, -0.15) is 0 Å². The number of benzene rings is 3. The van der Waals surface area contributed by atoms with Crippen molar-refractivity contribution in [3.8, 4) is 28.1 Å². The van der Waals surface area contributed by atoms with Gasteiger partial charge in [-0.05, 0) is 91.3 Å². The van der Waals surface area contributed by atoms with E-state index in [2.05, 4.69) is 57.9 Å². The zero-order chi connectivity index (χ0) is 43.3. The lowest BCUT2D eigenvalue weighted by molar-refractivity contribution is -0.138. The third kappa shape index (κ3) is 7.73. The van der Waals surface area contributed by atoms with E-state index in [1.54, 1.807) is 11.8 Å². The molecule has 322 valence electrons. The minimum Gasteiger partial charge on any atom is -0.488 e. The molecule has 0 radical (unpaired) electrons. The van der Waals surface area contributed by atoms with Gasteiger partial charge >= 0.3 is 12.2 Å². The van der Waals surface area contributed by atoms with Gasteiger partial charge < -0.3 is 49.3 Å². The van der Waals surface area contributed by atoms with E-state index in [9.17, 15) is 19.2 Å². The van der Waals surface area contributed by atoms with Crippen LogP contribution in [0.3, 0.4) is 0 Å². The van der Waals surface area contributed by atoms with Crippen LogP contribution in [0.15, 0.2) is 48.7 Å². The van der Waals surface area contributed by atoms with Gasteiger partial charge in [0.1, 0.15) is 36.1 Å². The molecule has 8 rings (SSSR count). The van der Waals surface area contributed by atoms with E-state index in [-0.39, 0.29) is 41.8 Å². The fourth-order valence-corrected chi connectivity index (χ4v) is 9.20. The number of rotatable bonds is 10. The molecular weight excluding hydrogens is 781 g/mol. The van der Waals surface area contributed by atoms with Gasteiger partial charge in [0.05, 0.1) is 55.3 Å². The number of aromatic nitrogens is 4. The van der Waals surface area contributed by atoms with Crippen LogP contribution in [0.25, 0.3) is 44.2 Å². The van der Waals surface area contributed by atoms with Gasteiger partial charge in [0.15, 0.2) is 0 Å². The zero-order valence-electron chi connectivity index (χ0n) is 35.8. The second kappa shape index (κ2) is 16.7.